The van der Waals surface area contributed by atoms with Crippen LogP contribution in [0.25, 0.3) is 16.6 Å². The molecule has 0 unspecified atom stereocenters. The standard InChI is InChI=1S/C26H24ClN7O2/c1-26(16-31-25(36)23-21(27)3-2-8-29-23)6-9-33(10-7-26)22-5-4-17(13-30-22)20-11-19(35)15-34-24(20)18(12-28)14-32-34/h2-5,8,11,13-15,35H,6-7,9-10,16H2,1H3,(H,31,36). The van der Waals surface area contributed by atoms with Crippen molar-refractivity contribution in [2.75, 3.05) is 24.5 Å². The third-order valence-corrected chi connectivity index (χ3v) is 7.03. The summed E-state index contributed by atoms with van der Waals surface area (Å²) in [6, 6.07) is 11.0. The van der Waals surface area contributed by atoms with Crippen molar-refractivity contribution in [1.82, 2.24) is 24.9 Å². The number of hydrogen-bond acceptors (Lipinski definition) is 7. The normalized spacial score (nSPS) is 15.0. The Hall–Kier alpha value is -4.16. The van der Waals surface area contributed by atoms with Crippen LogP contribution in [0.15, 0.2) is 55.1 Å². The molecule has 4 aromatic rings. The molecule has 1 aliphatic heterocycles. The zero-order chi connectivity index (χ0) is 25.3. The Morgan fingerprint density at radius 2 is 2.06 bits per heavy atom. The first-order chi connectivity index (χ1) is 17.4. The van der Waals surface area contributed by atoms with Crippen LogP contribution in [0.1, 0.15) is 35.8 Å². The first-order valence-corrected chi connectivity index (χ1v) is 12.0. The number of aromatic nitrogens is 4. The summed E-state index contributed by atoms with van der Waals surface area (Å²) in [6.07, 6.45) is 8.05. The number of carbonyl (C=O) groups is 1. The monoisotopic (exact) mass is 501 g/mol. The minimum absolute atomic E-state index is 0.0454. The maximum Gasteiger partial charge on any atom is 0.271 e. The second-order valence-electron chi connectivity index (χ2n) is 9.29. The van der Waals surface area contributed by atoms with Gasteiger partial charge in [0.15, 0.2) is 0 Å². The predicted molar refractivity (Wildman–Crippen MR) is 136 cm³/mol. The smallest absolute Gasteiger partial charge is 0.271 e. The third kappa shape index (κ3) is 4.55. The molecule has 4 aromatic heterocycles. The number of halogens is 1. The first-order valence-electron chi connectivity index (χ1n) is 11.6. The average Bonchev–Trinajstić information content (AvgIpc) is 3.30. The number of rotatable bonds is 5. The highest BCUT2D eigenvalue weighted by atomic mass is 35.5. The lowest BCUT2D eigenvalue weighted by Crippen LogP contribution is -2.45. The third-order valence-electron chi connectivity index (χ3n) is 6.72. The van der Waals surface area contributed by atoms with Crippen LogP contribution < -0.4 is 10.2 Å². The van der Waals surface area contributed by atoms with Crippen LogP contribution in [0.3, 0.4) is 0 Å². The summed E-state index contributed by atoms with van der Waals surface area (Å²) >= 11 is 6.09. The van der Waals surface area contributed by atoms with E-state index in [2.05, 4.69) is 38.3 Å². The molecule has 1 fully saturated rings. The van der Waals surface area contributed by atoms with Crippen LogP contribution in [0.4, 0.5) is 5.82 Å². The molecule has 0 saturated carbocycles. The van der Waals surface area contributed by atoms with Gasteiger partial charge in [0.25, 0.3) is 5.91 Å². The van der Waals surface area contributed by atoms with Gasteiger partial charge in [0, 0.05) is 43.2 Å². The van der Waals surface area contributed by atoms with E-state index in [9.17, 15) is 15.2 Å². The maximum atomic E-state index is 12.5. The van der Waals surface area contributed by atoms with Crippen molar-refractivity contribution in [3.8, 4) is 22.9 Å². The molecule has 36 heavy (non-hydrogen) atoms. The van der Waals surface area contributed by atoms with Crippen LogP contribution in [0, 0.1) is 16.7 Å². The number of carbonyl (C=O) groups excluding carboxylic acids is 1. The second kappa shape index (κ2) is 9.47. The number of amides is 1. The Bertz CT molecular complexity index is 1470. The number of nitrogens with one attached hydrogen (secondary N) is 1. The molecule has 9 nitrogen and oxygen atoms in total. The first kappa shape index (κ1) is 23.6. The summed E-state index contributed by atoms with van der Waals surface area (Å²) in [5.41, 5.74) is 2.74. The number of nitrogens with zero attached hydrogens (tertiary/aromatic N) is 6. The van der Waals surface area contributed by atoms with Gasteiger partial charge in [-0.3, -0.25) is 4.79 Å². The SMILES string of the molecule is CC1(CNC(=O)c2ncccc2Cl)CCN(c2ccc(-c3cc(O)cn4ncc(C#N)c34)cn2)CC1. The molecule has 0 atom stereocenters. The molecule has 0 radical (unpaired) electrons. The highest BCUT2D eigenvalue weighted by molar-refractivity contribution is 6.33. The molecule has 5 rings (SSSR count). The molecule has 0 aliphatic carbocycles. The molecule has 1 amide bonds. The van der Waals surface area contributed by atoms with E-state index in [0.29, 0.717) is 28.2 Å². The summed E-state index contributed by atoms with van der Waals surface area (Å²) in [6.45, 7) is 4.33. The van der Waals surface area contributed by atoms with E-state index in [4.69, 9.17) is 11.6 Å². The summed E-state index contributed by atoms with van der Waals surface area (Å²) in [7, 11) is 0. The minimum Gasteiger partial charge on any atom is -0.506 e. The van der Waals surface area contributed by atoms with Gasteiger partial charge in [0.1, 0.15) is 23.3 Å². The number of anilines is 1. The molecule has 1 aliphatic rings. The van der Waals surface area contributed by atoms with Crippen LogP contribution in [0.5, 0.6) is 5.75 Å². The molecule has 182 valence electrons. The lowest BCUT2D eigenvalue weighted by molar-refractivity contribution is 0.0920. The number of nitriles is 1. The van der Waals surface area contributed by atoms with Crippen molar-refractivity contribution in [1.29, 1.82) is 5.26 Å². The summed E-state index contributed by atoms with van der Waals surface area (Å²) in [4.78, 5) is 23.5. The van der Waals surface area contributed by atoms with E-state index < -0.39 is 0 Å². The maximum absolute atomic E-state index is 12.5. The van der Waals surface area contributed by atoms with E-state index in [0.717, 1.165) is 37.3 Å². The molecular formula is C26H24ClN7O2. The Kier molecular flexibility index (Phi) is 6.20. The molecular weight excluding hydrogens is 478 g/mol. The van der Waals surface area contributed by atoms with Crippen LogP contribution in [0.2, 0.25) is 5.02 Å². The van der Waals surface area contributed by atoms with Crippen molar-refractivity contribution in [2.24, 2.45) is 5.41 Å². The highest BCUT2D eigenvalue weighted by Gasteiger charge is 2.31. The molecule has 0 bridgehead atoms. The van der Waals surface area contributed by atoms with Gasteiger partial charge in [-0.2, -0.15) is 10.4 Å². The zero-order valence-corrected chi connectivity index (χ0v) is 20.4. The molecule has 10 heteroatoms. The Morgan fingerprint density at radius 1 is 1.25 bits per heavy atom. The van der Waals surface area contributed by atoms with Gasteiger partial charge < -0.3 is 15.3 Å². The van der Waals surface area contributed by atoms with Gasteiger partial charge in [0.2, 0.25) is 0 Å². The van der Waals surface area contributed by atoms with Gasteiger partial charge in [-0.15, -0.1) is 0 Å². The van der Waals surface area contributed by atoms with Crippen LogP contribution in [-0.2, 0) is 0 Å². The van der Waals surface area contributed by atoms with Gasteiger partial charge in [-0.25, -0.2) is 14.5 Å². The molecule has 1 saturated heterocycles. The van der Waals surface area contributed by atoms with E-state index in [1.807, 2.05) is 12.1 Å². The topological polar surface area (TPSA) is 119 Å². The van der Waals surface area contributed by atoms with Gasteiger partial charge >= 0.3 is 0 Å². The molecule has 0 spiro atoms. The fraction of sp³-hybridized carbons (Fsp3) is 0.269. The quantitative estimate of drug-likeness (QED) is 0.423. The predicted octanol–water partition coefficient (Wildman–Crippen LogP) is 4.06. The average molecular weight is 502 g/mol. The largest absolute Gasteiger partial charge is 0.506 e. The fourth-order valence-electron chi connectivity index (χ4n) is 4.52. The van der Waals surface area contributed by atoms with E-state index in [-0.39, 0.29) is 22.8 Å². The van der Waals surface area contributed by atoms with Gasteiger partial charge in [-0.1, -0.05) is 18.5 Å². The number of hydrogen-bond donors (Lipinski definition) is 2. The number of pyridine rings is 3. The molecule has 0 aromatic carbocycles. The van der Waals surface area contributed by atoms with E-state index in [1.165, 1.54) is 16.9 Å². The summed E-state index contributed by atoms with van der Waals surface area (Å²) in [5, 5.41) is 27.0. The molecule has 2 N–H and O–H groups in total. The molecule has 5 heterocycles. The van der Waals surface area contributed by atoms with Crippen molar-refractivity contribution in [3.05, 3.63) is 71.4 Å². The van der Waals surface area contributed by atoms with Gasteiger partial charge in [-0.05, 0) is 48.6 Å². The van der Waals surface area contributed by atoms with E-state index >= 15 is 0 Å². The van der Waals surface area contributed by atoms with Crippen molar-refractivity contribution < 1.29 is 9.90 Å². The Balaban J connectivity index is 1.25. The van der Waals surface area contributed by atoms with Crippen molar-refractivity contribution in [2.45, 2.75) is 19.8 Å². The van der Waals surface area contributed by atoms with Crippen LogP contribution in [-0.4, -0.2) is 50.2 Å². The zero-order valence-electron chi connectivity index (χ0n) is 19.6. The minimum atomic E-state index is -0.264. The highest BCUT2D eigenvalue weighted by Crippen LogP contribution is 2.34. The lowest BCUT2D eigenvalue weighted by Gasteiger charge is -2.40. The number of piperidine rings is 1. The van der Waals surface area contributed by atoms with Crippen molar-refractivity contribution in [3.63, 3.8) is 0 Å². The number of aromatic hydroxyl groups is 1. The Morgan fingerprint density at radius 3 is 2.75 bits per heavy atom. The fourth-order valence-corrected chi connectivity index (χ4v) is 4.73. The van der Waals surface area contributed by atoms with Crippen molar-refractivity contribution >= 4 is 28.8 Å². The van der Waals surface area contributed by atoms with Crippen LogP contribution >= 0.6 is 11.6 Å². The summed E-state index contributed by atoms with van der Waals surface area (Å²) in [5.74, 6) is 0.650. The van der Waals surface area contributed by atoms with E-state index in [1.54, 1.807) is 30.6 Å². The van der Waals surface area contributed by atoms with Gasteiger partial charge in [0.05, 0.1) is 28.5 Å². The number of fused-ring (bicyclic) bond motifs is 1. The summed E-state index contributed by atoms with van der Waals surface area (Å²) < 4.78 is 1.50. The Labute approximate surface area is 213 Å². The second-order valence-corrected chi connectivity index (χ2v) is 9.70. The lowest BCUT2D eigenvalue weighted by atomic mass is 9.80.